The molecule has 0 bridgehead atoms. The van der Waals surface area contributed by atoms with Gasteiger partial charge in [0, 0.05) is 4.47 Å². The average Bonchev–Trinajstić information content (AvgIpc) is 2.96. The van der Waals surface area contributed by atoms with E-state index in [1.54, 1.807) is 12.1 Å². The van der Waals surface area contributed by atoms with Gasteiger partial charge in [-0.05, 0) is 41.1 Å². The van der Waals surface area contributed by atoms with Crippen LogP contribution in [0.15, 0.2) is 40.0 Å². The van der Waals surface area contributed by atoms with Crippen LogP contribution in [0.3, 0.4) is 0 Å². The minimum Gasteiger partial charge on any atom is -0.433 e. The Labute approximate surface area is 159 Å². The number of hydrogen-bond donors (Lipinski definition) is 2. The van der Waals surface area contributed by atoms with Gasteiger partial charge in [0.1, 0.15) is 5.75 Å². The number of benzene rings is 1. The lowest BCUT2D eigenvalue weighted by atomic mass is 10.3. The van der Waals surface area contributed by atoms with Crippen molar-refractivity contribution in [3.8, 4) is 5.75 Å². The number of pyridine rings is 1. The second-order valence-corrected chi connectivity index (χ2v) is 7.00. The first-order valence-electron chi connectivity index (χ1n) is 7.41. The highest BCUT2D eigenvalue weighted by molar-refractivity contribution is 9.10. The molecule has 3 rings (SSSR count). The predicted octanol–water partition coefficient (Wildman–Crippen LogP) is 4.36. The van der Waals surface area contributed by atoms with E-state index in [0.29, 0.717) is 10.8 Å². The Morgan fingerprint density at radius 2 is 2.15 bits per heavy atom. The maximum atomic E-state index is 12.4. The first kappa shape index (κ1) is 18.6. The Morgan fingerprint density at radius 1 is 1.38 bits per heavy atom. The third-order valence-electron chi connectivity index (χ3n) is 3.30. The second-order valence-electron chi connectivity index (χ2n) is 5.18. The Kier molecular flexibility index (Phi) is 5.72. The van der Waals surface area contributed by atoms with E-state index in [9.17, 15) is 13.6 Å². The zero-order valence-corrected chi connectivity index (χ0v) is 15.8. The second kappa shape index (κ2) is 8.00. The van der Waals surface area contributed by atoms with Gasteiger partial charge in [0.25, 0.3) is 0 Å². The summed E-state index contributed by atoms with van der Waals surface area (Å²) in [5, 5.41) is 3.09. The number of carbonyl (C=O) groups is 1. The number of aromatic nitrogens is 3. The monoisotopic (exact) mass is 442 g/mol. The smallest absolute Gasteiger partial charge is 0.387 e. The molecule has 0 unspecified atom stereocenters. The Hall–Kier alpha value is -2.20. The highest BCUT2D eigenvalue weighted by Gasteiger charge is 2.13. The lowest BCUT2D eigenvalue weighted by Crippen LogP contribution is -2.15. The summed E-state index contributed by atoms with van der Waals surface area (Å²) in [6.07, 6.45) is 0. The average molecular weight is 443 g/mol. The largest absolute Gasteiger partial charge is 0.433 e. The molecule has 0 aliphatic rings. The third-order valence-corrected chi connectivity index (χ3v) is 4.97. The summed E-state index contributed by atoms with van der Waals surface area (Å²) < 4.78 is 30.1. The summed E-state index contributed by atoms with van der Waals surface area (Å²) in [7, 11) is 0. The molecule has 0 aliphatic heterocycles. The summed E-state index contributed by atoms with van der Waals surface area (Å²) in [6, 6.07) is 7.88. The molecule has 6 nitrogen and oxygen atoms in total. The number of para-hydroxylation sites is 2. The molecule has 1 amide bonds. The molecule has 2 heterocycles. The SMILES string of the molecule is Cc1nc2nc(SCC(=O)Nc3ccccc3OC(F)F)[nH]c2cc1Br. The summed E-state index contributed by atoms with van der Waals surface area (Å²) in [6.45, 7) is -1.11. The van der Waals surface area contributed by atoms with Gasteiger partial charge in [0.2, 0.25) is 5.91 Å². The van der Waals surface area contributed by atoms with Crippen molar-refractivity contribution >= 4 is 50.5 Å². The highest BCUT2D eigenvalue weighted by Crippen LogP contribution is 2.26. The Balaban J connectivity index is 1.64. The number of nitrogens with zero attached hydrogens (tertiary/aromatic N) is 2. The number of anilines is 1. The minimum absolute atomic E-state index is 0.0446. The Morgan fingerprint density at radius 3 is 2.92 bits per heavy atom. The van der Waals surface area contributed by atoms with Crippen LogP contribution in [0.4, 0.5) is 14.5 Å². The fraction of sp³-hybridized carbons (Fsp3) is 0.188. The van der Waals surface area contributed by atoms with Crippen molar-refractivity contribution in [1.82, 2.24) is 15.0 Å². The predicted molar refractivity (Wildman–Crippen MR) is 98.8 cm³/mol. The van der Waals surface area contributed by atoms with E-state index in [0.717, 1.165) is 15.7 Å². The number of aryl methyl sites for hydroxylation is 1. The standard InChI is InChI=1S/C16H13BrF2N4O2S/c1-8-9(17)6-11-14(20-8)23-16(22-11)26-7-13(24)21-10-4-2-3-5-12(10)25-15(18)19/h2-6,15H,7H2,1H3,(H,21,24)(H,20,22,23). The quantitative estimate of drug-likeness (QED) is 0.554. The van der Waals surface area contributed by atoms with Gasteiger partial charge in [-0.15, -0.1) is 0 Å². The molecular formula is C16H13BrF2N4O2S. The van der Waals surface area contributed by atoms with Gasteiger partial charge >= 0.3 is 6.61 Å². The topological polar surface area (TPSA) is 79.9 Å². The number of hydrogen-bond acceptors (Lipinski definition) is 5. The number of imidazole rings is 1. The van der Waals surface area contributed by atoms with Crippen molar-refractivity contribution in [2.24, 2.45) is 0 Å². The molecule has 3 aromatic rings. The van der Waals surface area contributed by atoms with Gasteiger partial charge < -0.3 is 15.0 Å². The molecule has 0 spiro atoms. The van der Waals surface area contributed by atoms with Crippen LogP contribution in [0.2, 0.25) is 0 Å². The number of nitrogens with one attached hydrogen (secondary N) is 2. The molecule has 1 aromatic carbocycles. The van der Waals surface area contributed by atoms with Crippen LogP contribution in [0.1, 0.15) is 5.69 Å². The molecule has 0 aliphatic carbocycles. The van der Waals surface area contributed by atoms with Crippen molar-refractivity contribution in [3.05, 3.63) is 40.5 Å². The normalized spacial score (nSPS) is 11.1. The van der Waals surface area contributed by atoms with Gasteiger partial charge in [-0.25, -0.2) is 9.97 Å². The molecule has 136 valence electrons. The van der Waals surface area contributed by atoms with Gasteiger partial charge in [0.15, 0.2) is 10.8 Å². The van der Waals surface area contributed by atoms with E-state index in [4.69, 9.17) is 0 Å². The molecule has 0 radical (unpaired) electrons. The van der Waals surface area contributed by atoms with Gasteiger partial charge in [0.05, 0.1) is 22.7 Å². The molecule has 2 N–H and O–H groups in total. The summed E-state index contributed by atoms with van der Waals surface area (Å²) in [5.74, 6) is -0.414. The van der Waals surface area contributed by atoms with Crippen molar-refractivity contribution in [2.75, 3.05) is 11.1 Å². The van der Waals surface area contributed by atoms with Crippen molar-refractivity contribution < 1.29 is 18.3 Å². The number of H-pyrrole nitrogens is 1. The van der Waals surface area contributed by atoms with E-state index in [1.165, 1.54) is 23.9 Å². The van der Waals surface area contributed by atoms with E-state index < -0.39 is 6.61 Å². The van der Waals surface area contributed by atoms with Crippen LogP contribution in [0.5, 0.6) is 5.75 Å². The lowest BCUT2D eigenvalue weighted by Gasteiger charge is -2.11. The van der Waals surface area contributed by atoms with E-state index >= 15 is 0 Å². The van der Waals surface area contributed by atoms with E-state index in [-0.39, 0.29) is 23.1 Å². The van der Waals surface area contributed by atoms with Crippen LogP contribution < -0.4 is 10.1 Å². The number of amides is 1. The third kappa shape index (κ3) is 4.50. The zero-order chi connectivity index (χ0) is 18.7. The summed E-state index contributed by atoms with van der Waals surface area (Å²) in [4.78, 5) is 23.8. The fourth-order valence-electron chi connectivity index (χ4n) is 2.14. The Bertz CT molecular complexity index is 912. The van der Waals surface area contributed by atoms with E-state index in [2.05, 4.69) is 40.9 Å². The van der Waals surface area contributed by atoms with Crippen LogP contribution in [-0.2, 0) is 4.79 Å². The van der Waals surface area contributed by atoms with Crippen molar-refractivity contribution in [2.45, 2.75) is 18.7 Å². The van der Waals surface area contributed by atoms with Gasteiger partial charge in [-0.2, -0.15) is 8.78 Å². The number of fused-ring (bicyclic) bond motifs is 1. The first-order chi connectivity index (χ1) is 12.4. The number of aromatic amines is 1. The number of halogens is 3. The highest BCUT2D eigenvalue weighted by atomic mass is 79.9. The first-order valence-corrected chi connectivity index (χ1v) is 9.19. The lowest BCUT2D eigenvalue weighted by molar-refractivity contribution is -0.113. The van der Waals surface area contributed by atoms with Crippen LogP contribution in [0.25, 0.3) is 11.2 Å². The molecule has 10 heteroatoms. The minimum atomic E-state index is -2.96. The summed E-state index contributed by atoms with van der Waals surface area (Å²) in [5.41, 5.74) is 2.31. The van der Waals surface area contributed by atoms with E-state index in [1.807, 2.05) is 13.0 Å². The fourth-order valence-corrected chi connectivity index (χ4v) is 3.13. The maximum Gasteiger partial charge on any atom is 0.387 e. The van der Waals surface area contributed by atoms with Crippen molar-refractivity contribution in [3.63, 3.8) is 0 Å². The molecule has 26 heavy (non-hydrogen) atoms. The van der Waals surface area contributed by atoms with Gasteiger partial charge in [-0.1, -0.05) is 23.9 Å². The van der Waals surface area contributed by atoms with Gasteiger partial charge in [-0.3, -0.25) is 4.79 Å². The number of thioether (sulfide) groups is 1. The molecule has 2 aromatic heterocycles. The molecular weight excluding hydrogens is 430 g/mol. The molecule has 0 saturated carbocycles. The van der Waals surface area contributed by atoms with Crippen LogP contribution >= 0.6 is 27.7 Å². The molecule has 0 atom stereocenters. The number of carbonyl (C=O) groups excluding carboxylic acids is 1. The van der Waals surface area contributed by atoms with Crippen LogP contribution in [0, 0.1) is 6.92 Å². The van der Waals surface area contributed by atoms with Crippen LogP contribution in [-0.4, -0.2) is 33.2 Å². The number of alkyl halides is 2. The number of rotatable bonds is 6. The molecule has 0 saturated heterocycles. The van der Waals surface area contributed by atoms with Crippen molar-refractivity contribution in [1.29, 1.82) is 0 Å². The molecule has 0 fully saturated rings. The zero-order valence-electron chi connectivity index (χ0n) is 13.4. The number of ether oxygens (including phenoxy) is 1. The maximum absolute atomic E-state index is 12.4. The summed E-state index contributed by atoms with van der Waals surface area (Å²) >= 11 is 4.58.